The van der Waals surface area contributed by atoms with Gasteiger partial charge in [-0.05, 0) is 18.6 Å². The van der Waals surface area contributed by atoms with Crippen LogP contribution in [0.5, 0.6) is 0 Å². The topological polar surface area (TPSA) is 88.2 Å². The van der Waals surface area contributed by atoms with E-state index in [4.69, 9.17) is 5.73 Å². The SMILES string of the molecule is Cc1cc(C(F)(F)F)c2c(N)c(C(=O)NCC(O)c3ccccc3)sc2n1. The van der Waals surface area contributed by atoms with E-state index in [-0.39, 0.29) is 33.0 Å². The second-order valence-electron chi connectivity index (χ2n) is 5.97. The standard InChI is InChI=1S/C18H16F3N3O2S/c1-9-7-11(18(19,20)21)13-14(22)15(27-17(13)24-9)16(26)23-8-12(25)10-5-3-2-4-6-10/h2-7,12,25H,8,22H2,1H3,(H,23,26). The number of hydrogen-bond donors (Lipinski definition) is 3. The summed E-state index contributed by atoms with van der Waals surface area (Å²) in [6.45, 7) is 1.34. The normalized spacial score (nSPS) is 12.9. The summed E-state index contributed by atoms with van der Waals surface area (Å²) in [7, 11) is 0. The van der Waals surface area contributed by atoms with Crippen LogP contribution in [0.15, 0.2) is 36.4 Å². The van der Waals surface area contributed by atoms with E-state index in [2.05, 4.69) is 10.3 Å². The minimum Gasteiger partial charge on any atom is -0.397 e. The van der Waals surface area contributed by atoms with Crippen molar-refractivity contribution in [3.05, 3.63) is 58.1 Å². The molecule has 0 saturated heterocycles. The van der Waals surface area contributed by atoms with Gasteiger partial charge in [0.05, 0.1) is 17.4 Å². The molecule has 0 aliphatic carbocycles. The summed E-state index contributed by atoms with van der Waals surface area (Å²) in [5, 5.41) is 12.3. The number of thiophene rings is 1. The molecule has 0 aliphatic rings. The van der Waals surface area contributed by atoms with E-state index in [0.29, 0.717) is 5.56 Å². The van der Waals surface area contributed by atoms with Crippen molar-refractivity contribution in [2.45, 2.75) is 19.2 Å². The number of anilines is 1. The lowest BCUT2D eigenvalue weighted by Gasteiger charge is -2.12. The maximum absolute atomic E-state index is 13.3. The van der Waals surface area contributed by atoms with Gasteiger partial charge in [0, 0.05) is 17.6 Å². The number of nitrogens with one attached hydrogen (secondary N) is 1. The first-order valence-electron chi connectivity index (χ1n) is 7.96. The molecular weight excluding hydrogens is 379 g/mol. The smallest absolute Gasteiger partial charge is 0.397 e. The van der Waals surface area contributed by atoms with Crippen molar-refractivity contribution in [1.82, 2.24) is 10.3 Å². The molecule has 0 aliphatic heterocycles. The number of aryl methyl sites for hydroxylation is 1. The van der Waals surface area contributed by atoms with Crippen molar-refractivity contribution in [2.24, 2.45) is 0 Å². The minimum atomic E-state index is -4.61. The molecule has 1 aromatic carbocycles. The number of nitrogens with zero attached hydrogens (tertiary/aromatic N) is 1. The van der Waals surface area contributed by atoms with Crippen LogP contribution in [0.4, 0.5) is 18.9 Å². The molecule has 0 spiro atoms. The lowest BCUT2D eigenvalue weighted by atomic mass is 10.1. The van der Waals surface area contributed by atoms with E-state index in [0.717, 1.165) is 17.4 Å². The maximum Gasteiger partial charge on any atom is 0.417 e. The van der Waals surface area contributed by atoms with Gasteiger partial charge in [0.25, 0.3) is 5.91 Å². The Balaban J connectivity index is 1.88. The molecule has 142 valence electrons. The van der Waals surface area contributed by atoms with Crippen molar-refractivity contribution in [3.8, 4) is 0 Å². The van der Waals surface area contributed by atoms with Crippen LogP contribution in [0, 0.1) is 6.92 Å². The Labute approximate surface area is 156 Å². The zero-order valence-corrected chi connectivity index (χ0v) is 15.0. The second kappa shape index (κ2) is 7.16. The van der Waals surface area contributed by atoms with E-state index >= 15 is 0 Å². The molecule has 2 aromatic heterocycles. The van der Waals surface area contributed by atoms with Crippen molar-refractivity contribution in [3.63, 3.8) is 0 Å². The van der Waals surface area contributed by atoms with E-state index in [1.54, 1.807) is 30.3 Å². The Morgan fingerprint density at radius 1 is 1.33 bits per heavy atom. The number of amides is 1. The number of hydrogen-bond acceptors (Lipinski definition) is 5. The van der Waals surface area contributed by atoms with Gasteiger partial charge in [-0.25, -0.2) is 4.98 Å². The average Bonchev–Trinajstić information content (AvgIpc) is 2.95. The molecule has 5 nitrogen and oxygen atoms in total. The van der Waals surface area contributed by atoms with E-state index < -0.39 is 23.8 Å². The molecule has 3 rings (SSSR count). The summed E-state index contributed by atoms with van der Waals surface area (Å²) >= 11 is 0.794. The van der Waals surface area contributed by atoms with Gasteiger partial charge in [-0.1, -0.05) is 30.3 Å². The molecule has 9 heteroatoms. The predicted molar refractivity (Wildman–Crippen MR) is 97.5 cm³/mol. The van der Waals surface area contributed by atoms with Crippen LogP contribution in [0.3, 0.4) is 0 Å². The Hall–Kier alpha value is -2.65. The Morgan fingerprint density at radius 3 is 2.63 bits per heavy atom. The zero-order chi connectivity index (χ0) is 19.8. The average molecular weight is 395 g/mol. The summed E-state index contributed by atoms with van der Waals surface area (Å²) < 4.78 is 40.0. The summed E-state index contributed by atoms with van der Waals surface area (Å²) in [6.07, 6.45) is -5.56. The van der Waals surface area contributed by atoms with Crippen LogP contribution in [-0.4, -0.2) is 22.5 Å². The fourth-order valence-electron chi connectivity index (χ4n) is 2.70. The van der Waals surface area contributed by atoms with Gasteiger partial charge in [-0.2, -0.15) is 13.2 Å². The van der Waals surface area contributed by atoms with E-state index in [1.165, 1.54) is 6.92 Å². The largest absolute Gasteiger partial charge is 0.417 e. The van der Waals surface area contributed by atoms with Crippen LogP contribution in [0.2, 0.25) is 0 Å². The van der Waals surface area contributed by atoms with Gasteiger partial charge in [-0.3, -0.25) is 4.79 Å². The third-order valence-corrected chi connectivity index (χ3v) is 5.08. The highest BCUT2D eigenvalue weighted by Gasteiger charge is 2.35. The second-order valence-corrected chi connectivity index (χ2v) is 6.97. The van der Waals surface area contributed by atoms with Crippen LogP contribution >= 0.6 is 11.3 Å². The summed E-state index contributed by atoms with van der Waals surface area (Å²) in [5.41, 5.74) is 5.47. The van der Waals surface area contributed by atoms with E-state index in [1.807, 2.05) is 0 Å². The van der Waals surface area contributed by atoms with Gasteiger partial charge in [0.2, 0.25) is 0 Å². The van der Waals surface area contributed by atoms with Gasteiger partial charge in [-0.15, -0.1) is 11.3 Å². The summed E-state index contributed by atoms with van der Waals surface area (Å²) in [5.74, 6) is -0.656. The third-order valence-electron chi connectivity index (χ3n) is 3.98. The molecule has 0 radical (unpaired) electrons. The molecule has 1 amide bonds. The third kappa shape index (κ3) is 3.88. The molecule has 0 fully saturated rings. The van der Waals surface area contributed by atoms with Gasteiger partial charge >= 0.3 is 6.18 Å². The van der Waals surface area contributed by atoms with Crippen molar-refractivity contribution in [2.75, 3.05) is 12.3 Å². The lowest BCUT2D eigenvalue weighted by Crippen LogP contribution is -2.28. The van der Waals surface area contributed by atoms with Crippen LogP contribution in [0.1, 0.15) is 32.6 Å². The maximum atomic E-state index is 13.3. The predicted octanol–water partition coefficient (Wildman–Crippen LogP) is 3.67. The highest BCUT2D eigenvalue weighted by atomic mass is 32.1. The number of nitrogens with two attached hydrogens (primary N) is 1. The van der Waals surface area contributed by atoms with Crippen molar-refractivity contribution < 1.29 is 23.1 Å². The van der Waals surface area contributed by atoms with Crippen LogP contribution in [0.25, 0.3) is 10.2 Å². The molecule has 4 N–H and O–H groups in total. The number of pyridine rings is 1. The number of halogens is 3. The van der Waals surface area contributed by atoms with E-state index in [9.17, 15) is 23.1 Å². The first kappa shape index (κ1) is 19.1. The molecular formula is C18H16F3N3O2S. The molecule has 0 bridgehead atoms. The number of aromatic nitrogens is 1. The van der Waals surface area contributed by atoms with Crippen LogP contribution in [-0.2, 0) is 6.18 Å². The summed E-state index contributed by atoms with van der Waals surface area (Å²) in [4.78, 5) is 16.5. The minimum absolute atomic E-state index is 0.0496. The fraction of sp³-hybridized carbons (Fsp3) is 0.222. The number of benzene rings is 1. The van der Waals surface area contributed by atoms with Crippen LogP contribution < -0.4 is 11.1 Å². The molecule has 2 heterocycles. The molecule has 0 saturated carbocycles. The van der Waals surface area contributed by atoms with Crippen molar-refractivity contribution in [1.29, 1.82) is 0 Å². The first-order chi connectivity index (χ1) is 12.7. The molecule has 3 aromatic rings. The van der Waals surface area contributed by atoms with Gasteiger partial charge in [0.1, 0.15) is 9.71 Å². The van der Waals surface area contributed by atoms with Gasteiger partial charge in [0.15, 0.2) is 0 Å². The molecule has 1 atom stereocenters. The number of aliphatic hydroxyl groups is 1. The Bertz CT molecular complexity index is 987. The lowest BCUT2D eigenvalue weighted by molar-refractivity contribution is -0.136. The van der Waals surface area contributed by atoms with Crippen molar-refractivity contribution >= 4 is 33.1 Å². The number of carbonyl (C=O) groups excluding carboxylic acids is 1. The Morgan fingerprint density at radius 2 is 2.00 bits per heavy atom. The Kier molecular flexibility index (Phi) is 5.07. The number of alkyl halides is 3. The number of fused-ring (bicyclic) bond motifs is 1. The quantitative estimate of drug-likeness (QED) is 0.629. The summed E-state index contributed by atoms with van der Waals surface area (Å²) in [6, 6.07) is 9.60. The number of aliphatic hydroxyl groups excluding tert-OH is 1. The fourth-order valence-corrected chi connectivity index (χ4v) is 3.78. The first-order valence-corrected chi connectivity index (χ1v) is 8.78. The number of carbonyl (C=O) groups is 1. The molecule has 27 heavy (non-hydrogen) atoms. The highest BCUT2D eigenvalue weighted by molar-refractivity contribution is 7.21. The van der Waals surface area contributed by atoms with Gasteiger partial charge < -0.3 is 16.2 Å². The molecule has 1 unspecified atom stereocenters. The highest BCUT2D eigenvalue weighted by Crippen LogP contribution is 2.42. The zero-order valence-electron chi connectivity index (χ0n) is 14.2. The number of nitrogen functional groups attached to an aromatic ring is 1. The number of rotatable bonds is 4. The monoisotopic (exact) mass is 395 g/mol.